The van der Waals surface area contributed by atoms with E-state index in [0.29, 0.717) is 11.1 Å². The van der Waals surface area contributed by atoms with Crippen LogP contribution in [-0.2, 0) is 0 Å². The number of nitrogens with zero attached hydrogens (tertiary/aromatic N) is 2. The molecule has 0 spiro atoms. The third-order valence-corrected chi connectivity index (χ3v) is 2.76. The van der Waals surface area contributed by atoms with Crippen molar-refractivity contribution in [3.8, 4) is 0 Å². The lowest BCUT2D eigenvalue weighted by molar-refractivity contribution is 0.0943. The summed E-state index contributed by atoms with van der Waals surface area (Å²) in [6, 6.07) is 6.31. The van der Waals surface area contributed by atoms with E-state index < -0.39 is 0 Å². The first-order valence-corrected chi connectivity index (χ1v) is 7.42. The topological polar surface area (TPSA) is 82.9 Å². The van der Waals surface area contributed by atoms with Crippen LogP contribution >= 0.6 is 0 Å². The first-order valence-electron chi connectivity index (χ1n) is 7.42. The number of rotatable bonds is 8. The van der Waals surface area contributed by atoms with Crippen molar-refractivity contribution in [2.75, 3.05) is 0 Å². The molecule has 0 unspecified atom stereocenters. The Balaban J connectivity index is 2.54. The molecule has 1 aromatic rings. The maximum absolute atomic E-state index is 11.8. The molecule has 2 N–H and O–H groups in total. The summed E-state index contributed by atoms with van der Waals surface area (Å²) in [5, 5.41) is 7.66. The van der Waals surface area contributed by atoms with Crippen LogP contribution < -0.4 is 10.9 Å². The maximum Gasteiger partial charge on any atom is 0.271 e. The Morgan fingerprint density at radius 3 is 1.55 bits per heavy atom. The van der Waals surface area contributed by atoms with Gasteiger partial charge in [0.1, 0.15) is 0 Å². The zero-order valence-corrected chi connectivity index (χ0v) is 13.0. The molecule has 22 heavy (non-hydrogen) atoms. The highest BCUT2D eigenvalue weighted by Crippen LogP contribution is 2.04. The normalized spacial score (nSPS) is 11.0. The Labute approximate surface area is 130 Å². The lowest BCUT2D eigenvalue weighted by Crippen LogP contribution is -2.19. The van der Waals surface area contributed by atoms with Crippen LogP contribution in [-0.4, -0.2) is 24.2 Å². The van der Waals surface area contributed by atoms with Crippen molar-refractivity contribution < 1.29 is 9.59 Å². The van der Waals surface area contributed by atoms with Gasteiger partial charge in [-0.3, -0.25) is 9.59 Å². The second kappa shape index (κ2) is 10.3. The molecule has 0 heterocycles. The van der Waals surface area contributed by atoms with Crippen LogP contribution in [0.5, 0.6) is 0 Å². The summed E-state index contributed by atoms with van der Waals surface area (Å²) in [7, 11) is 0. The van der Waals surface area contributed by atoms with Gasteiger partial charge in [-0.05, 0) is 37.1 Å². The third kappa shape index (κ3) is 6.30. The zero-order valence-electron chi connectivity index (χ0n) is 13.0. The van der Waals surface area contributed by atoms with Crippen molar-refractivity contribution in [1.82, 2.24) is 10.9 Å². The highest BCUT2D eigenvalue weighted by molar-refractivity contribution is 5.97. The Morgan fingerprint density at radius 2 is 1.23 bits per heavy atom. The molecule has 1 rings (SSSR count). The monoisotopic (exact) mass is 302 g/mol. The van der Waals surface area contributed by atoms with Gasteiger partial charge in [-0.25, -0.2) is 10.9 Å². The average molecular weight is 302 g/mol. The quantitative estimate of drug-likeness (QED) is 0.571. The van der Waals surface area contributed by atoms with Gasteiger partial charge in [-0.2, -0.15) is 10.2 Å². The van der Waals surface area contributed by atoms with E-state index in [1.807, 2.05) is 13.8 Å². The number of hydrogen-bond donors (Lipinski definition) is 2. The van der Waals surface area contributed by atoms with Crippen LogP contribution in [0.25, 0.3) is 0 Å². The molecule has 0 aliphatic heterocycles. The van der Waals surface area contributed by atoms with E-state index in [1.165, 1.54) is 0 Å². The molecular weight excluding hydrogens is 280 g/mol. The van der Waals surface area contributed by atoms with Crippen LogP contribution in [0.1, 0.15) is 60.2 Å². The first kappa shape index (κ1) is 17.6. The van der Waals surface area contributed by atoms with Gasteiger partial charge in [-0.15, -0.1) is 0 Å². The van der Waals surface area contributed by atoms with Gasteiger partial charge in [0.15, 0.2) is 0 Å². The molecule has 0 aliphatic carbocycles. The van der Waals surface area contributed by atoms with E-state index >= 15 is 0 Å². The molecule has 0 aliphatic rings. The summed E-state index contributed by atoms with van der Waals surface area (Å²) in [4.78, 5) is 23.6. The number of nitrogens with one attached hydrogen (secondary N) is 2. The summed E-state index contributed by atoms with van der Waals surface area (Å²) in [6.45, 7) is 4.06. The molecule has 0 saturated carbocycles. The van der Waals surface area contributed by atoms with E-state index in [2.05, 4.69) is 21.1 Å². The summed E-state index contributed by atoms with van der Waals surface area (Å²) in [5.74, 6) is -0.611. The fourth-order valence-corrected chi connectivity index (χ4v) is 1.50. The molecule has 6 heteroatoms. The summed E-state index contributed by atoms with van der Waals surface area (Å²) < 4.78 is 0. The number of hydrazone groups is 2. The molecule has 0 aromatic heterocycles. The van der Waals surface area contributed by atoms with E-state index in [1.54, 1.807) is 36.7 Å². The summed E-state index contributed by atoms with van der Waals surface area (Å²) in [6.07, 6.45) is 6.91. The van der Waals surface area contributed by atoms with E-state index in [0.717, 1.165) is 25.7 Å². The van der Waals surface area contributed by atoms with Crippen molar-refractivity contribution in [3.63, 3.8) is 0 Å². The van der Waals surface area contributed by atoms with Crippen molar-refractivity contribution in [2.24, 2.45) is 10.2 Å². The molecule has 0 bridgehead atoms. The van der Waals surface area contributed by atoms with E-state index in [9.17, 15) is 9.59 Å². The minimum absolute atomic E-state index is 0.305. The summed E-state index contributed by atoms with van der Waals surface area (Å²) in [5.41, 5.74) is 5.76. The van der Waals surface area contributed by atoms with Crippen molar-refractivity contribution in [1.29, 1.82) is 0 Å². The molecule has 0 atom stereocenters. The SMILES string of the molecule is CCCC=NNC(=O)c1ccc(C(=O)NN=CCCC)cc1. The minimum Gasteiger partial charge on any atom is -0.267 e. The zero-order chi connectivity index (χ0) is 16.2. The number of amides is 2. The van der Waals surface area contributed by atoms with Gasteiger partial charge in [0, 0.05) is 23.6 Å². The summed E-state index contributed by atoms with van der Waals surface area (Å²) >= 11 is 0. The predicted octanol–water partition coefficient (Wildman–Crippen LogP) is 2.72. The lowest BCUT2D eigenvalue weighted by atomic mass is 10.1. The predicted molar refractivity (Wildman–Crippen MR) is 88.2 cm³/mol. The number of benzene rings is 1. The number of carbonyl (C=O) groups is 2. The fraction of sp³-hybridized carbons (Fsp3) is 0.375. The Morgan fingerprint density at radius 1 is 0.864 bits per heavy atom. The molecule has 118 valence electrons. The molecular formula is C16H22N4O2. The highest BCUT2D eigenvalue weighted by Gasteiger charge is 2.07. The van der Waals surface area contributed by atoms with Crippen molar-refractivity contribution in [2.45, 2.75) is 39.5 Å². The van der Waals surface area contributed by atoms with Crippen LogP contribution in [0.15, 0.2) is 34.5 Å². The van der Waals surface area contributed by atoms with Crippen LogP contribution in [0.4, 0.5) is 0 Å². The third-order valence-electron chi connectivity index (χ3n) is 2.76. The Kier molecular flexibility index (Phi) is 8.18. The largest absolute Gasteiger partial charge is 0.271 e. The smallest absolute Gasteiger partial charge is 0.267 e. The molecule has 0 saturated heterocycles. The van der Waals surface area contributed by atoms with Crippen molar-refractivity contribution >= 4 is 24.2 Å². The second-order valence-corrected chi connectivity index (χ2v) is 4.66. The first-order chi connectivity index (χ1) is 10.7. The average Bonchev–Trinajstić information content (AvgIpc) is 2.55. The number of unbranched alkanes of at least 4 members (excludes halogenated alkanes) is 2. The van der Waals surface area contributed by atoms with Gasteiger partial charge in [0.05, 0.1) is 0 Å². The Hall–Kier alpha value is -2.50. The van der Waals surface area contributed by atoms with Crippen LogP contribution in [0, 0.1) is 0 Å². The molecule has 2 amide bonds. The molecule has 1 aromatic carbocycles. The van der Waals surface area contributed by atoms with Gasteiger partial charge >= 0.3 is 0 Å². The number of hydrogen-bond acceptors (Lipinski definition) is 4. The standard InChI is InChI=1S/C16H22N4O2/c1-3-5-11-17-19-15(21)13-7-9-14(10-8-13)16(22)20-18-12-6-4-2/h7-12H,3-6H2,1-2H3,(H,19,21)(H,20,22). The lowest BCUT2D eigenvalue weighted by Gasteiger charge is -2.02. The van der Waals surface area contributed by atoms with Gasteiger partial charge in [0.2, 0.25) is 0 Å². The number of carbonyl (C=O) groups excluding carboxylic acids is 2. The fourth-order valence-electron chi connectivity index (χ4n) is 1.50. The minimum atomic E-state index is -0.305. The van der Waals surface area contributed by atoms with E-state index in [4.69, 9.17) is 0 Å². The highest BCUT2D eigenvalue weighted by atomic mass is 16.2. The van der Waals surface area contributed by atoms with Gasteiger partial charge in [0.25, 0.3) is 11.8 Å². The van der Waals surface area contributed by atoms with Crippen LogP contribution in [0.3, 0.4) is 0 Å². The molecule has 0 radical (unpaired) electrons. The Bertz CT molecular complexity index is 487. The van der Waals surface area contributed by atoms with Crippen LogP contribution in [0.2, 0.25) is 0 Å². The second-order valence-electron chi connectivity index (χ2n) is 4.66. The van der Waals surface area contributed by atoms with Gasteiger partial charge in [-0.1, -0.05) is 26.7 Å². The molecule has 0 fully saturated rings. The van der Waals surface area contributed by atoms with Gasteiger partial charge < -0.3 is 0 Å². The maximum atomic E-state index is 11.8. The van der Waals surface area contributed by atoms with E-state index in [-0.39, 0.29) is 11.8 Å². The molecule has 6 nitrogen and oxygen atoms in total. The van der Waals surface area contributed by atoms with Crippen molar-refractivity contribution in [3.05, 3.63) is 35.4 Å².